The zero-order chi connectivity index (χ0) is 11.8. The maximum absolute atomic E-state index is 11.3. The van der Waals surface area contributed by atoms with Gasteiger partial charge in [0.25, 0.3) is 5.52 Å². The highest BCUT2D eigenvalue weighted by Gasteiger charge is 2.29. The summed E-state index contributed by atoms with van der Waals surface area (Å²) in [5, 5.41) is 0.467. The molecule has 0 aliphatic heterocycles. The van der Waals surface area contributed by atoms with Gasteiger partial charge in [-0.1, -0.05) is 11.6 Å². The SMILES string of the molecule is Cc1c(Cl)ccc(C(=O)P(=O)(O)O)c1C. The zero-order valence-corrected chi connectivity index (χ0v) is 9.84. The van der Waals surface area contributed by atoms with E-state index < -0.39 is 13.1 Å². The van der Waals surface area contributed by atoms with Crippen LogP contribution >= 0.6 is 19.2 Å². The molecule has 1 aromatic carbocycles. The molecule has 0 heterocycles. The molecule has 0 saturated carbocycles. The molecule has 6 heteroatoms. The molecule has 2 N–H and O–H groups in total. The third-order valence-corrected chi connectivity index (χ3v) is 3.40. The molecule has 0 bridgehead atoms. The van der Waals surface area contributed by atoms with Gasteiger partial charge in [-0.2, -0.15) is 0 Å². The van der Waals surface area contributed by atoms with E-state index in [1.54, 1.807) is 13.8 Å². The average molecular weight is 249 g/mol. The monoisotopic (exact) mass is 248 g/mol. The molecule has 0 aliphatic carbocycles. The Bertz CT molecular complexity index is 463. The molecule has 15 heavy (non-hydrogen) atoms. The fraction of sp³-hybridized carbons (Fsp3) is 0.222. The van der Waals surface area contributed by atoms with Gasteiger partial charge in [-0.3, -0.25) is 9.36 Å². The van der Waals surface area contributed by atoms with Crippen LogP contribution in [0.25, 0.3) is 0 Å². The van der Waals surface area contributed by atoms with Crippen LogP contribution in [-0.2, 0) is 4.57 Å². The highest BCUT2D eigenvalue weighted by Crippen LogP contribution is 2.40. The third kappa shape index (κ3) is 2.47. The summed E-state index contributed by atoms with van der Waals surface area (Å²) in [6.07, 6.45) is 0. The molecule has 0 atom stereocenters. The van der Waals surface area contributed by atoms with E-state index in [0.717, 1.165) is 0 Å². The van der Waals surface area contributed by atoms with E-state index in [-0.39, 0.29) is 5.56 Å². The zero-order valence-electron chi connectivity index (χ0n) is 8.19. The van der Waals surface area contributed by atoms with Crippen LogP contribution in [0.1, 0.15) is 21.5 Å². The van der Waals surface area contributed by atoms with Crippen LogP contribution in [0.5, 0.6) is 0 Å². The number of hydrogen-bond donors (Lipinski definition) is 2. The van der Waals surface area contributed by atoms with Crippen LogP contribution in [0.2, 0.25) is 5.02 Å². The number of benzene rings is 1. The third-order valence-electron chi connectivity index (χ3n) is 2.22. The topological polar surface area (TPSA) is 74.6 Å². The lowest BCUT2D eigenvalue weighted by Gasteiger charge is -2.09. The molecule has 0 radical (unpaired) electrons. The summed E-state index contributed by atoms with van der Waals surface area (Å²) < 4.78 is 10.8. The first-order valence-corrected chi connectivity index (χ1v) is 6.10. The van der Waals surface area contributed by atoms with Crippen molar-refractivity contribution < 1.29 is 19.1 Å². The Balaban J connectivity index is 3.36. The van der Waals surface area contributed by atoms with Crippen molar-refractivity contribution in [2.75, 3.05) is 0 Å². The molecule has 0 fully saturated rings. The van der Waals surface area contributed by atoms with Crippen LogP contribution in [-0.4, -0.2) is 15.3 Å². The maximum atomic E-state index is 11.3. The summed E-state index contributed by atoms with van der Waals surface area (Å²) in [5.41, 5.74) is -0.00297. The summed E-state index contributed by atoms with van der Waals surface area (Å²) in [7, 11) is -4.72. The van der Waals surface area contributed by atoms with E-state index in [0.29, 0.717) is 16.1 Å². The number of halogens is 1. The van der Waals surface area contributed by atoms with Gasteiger partial charge in [0.1, 0.15) is 0 Å². The quantitative estimate of drug-likeness (QED) is 0.788. The lowest BCUT2D eigenvalue weighted by Crippen LogP contribution is -2.03. The summed E-state index contributed by atoms with van der Waals surface area (Å²) in [6, 6.07) is 2.78. The van der Waals surface area contributed by atoms with E-state index in [1.165, 1.54) is 12.1 Å². The van der Waals surface area contributed by atoms with Crippen molar-refractivity contribution in [3.63, 3.8) is 0 Å². The van der Waals surface area contributed by atoms with Crippen molar-refractivity contribution in [2.45, 2.75) is 13.8 Å². The predicted octanol–water partition coefficient (Wildman–Crippen LogP) is 2.27. The van der Waals surface area contributed by atoms with E-state index in [9.17, 15) is 9.36 Å². The smallest absolute Gasteiger partial charge is 0.319 e. The largest absolute Gasteiger partial charge is 0.396 e. The Labute approximate surface area is 92.0 Å². The molecule has 0 aliphatic rings. The first kappa shape index (κ1) is 12.4. The van der Waals surface area contributed by atoms with E-state index in [4.69, 9.17) is 21.4 Å². The van der Waals surface area contributed by atoms with Crippen molar-refractivity contribution >= 4 is 24.7 Å². The minimum atomic E-state index is -4.72. The molecule has 1 rings (SSSR count). The number of carbonyl (C=O) groups is 1. The van der Waals surface area contributed by atoms with E-state index in [2.05, 4.69) is 0 Å². The molecule has 0 spiro atoms. The second kappa shape index (κ2) is 4.06. The fourth-order valence-corrected chi connectivity index (χ4v) is 1.94. The Hall–Kier alpha value is -0.670. The van der Waals surface area contributed by atoms with Crippen molar-refractivity contribution in [1.82, 2.24) is 0 Å². The highest BCUT2D eigenvalue weighted by molar-refractivity contribution is 7.70. The second-order valence-corrected chi connectivity index (χ2v) is 5.10. The summed E-state index contributed by atoms with van der Waals surface area (Å²) in [6.45, 7) is 3.29. The normalized spacial score (nSPS) is 11.5. The van der Waals surface area contributed by atoms with Gasteiger partial charge >= 0.3 is 7.60 Å². The minimum Gasteiger partial charge on any atom is -0.319 e. The minimum absolute atomic E-state index is 0.0187. The van der Waals surface area contributed by atoms with Gasteiger partial charge in [0.05, 0.1) is 0 Å². The second-order valence-electron chi connectivity index (χ2n) is 3.19. The Morgan fingerprint density at radius 2 is 1.80 bits per heavy atom. The molecular formula is C9H10ClO4P. The van der Waals surface area contributed by atoms with Crippen molar-refractivity contribution in [1.29, 1.82) is 0 Å². The molecule has 0 saturated heterocycles. The van der Waals surface area contributed by atoms with Crippen LogP contribution in [0.15, 0.2) is 12.1 Å². The van der Waals surface area contributed by atoms with Crippen molar-refractivity contribution in [2.24, 2.45) is 0 Å². The highest BCUT2D eigenvalue weighted by atomic mass is 35.5. The molecule has 1 aromatic rings. The first-order valence-electron chi connectivity index (χ1n) is 4.11. The molecule has 0 unspecified atom stereocenters. The lowest BCUT2D eigenvalue weighted by atomic mass is 10.0. The van der Waals surface area contributed by atoms with Crippen molar-refractivity contribution in [3.8, 4) is 0 Å². The number of hydrogen-bond acceptors (Lipinski definition) is 2. The van der Waals surface area contributed by atoms with Gasteiger partial charge in [0.2, 0.25) is 0 Å². The molecule has 4 nitrogen and oxygen atoms in total. The molecule has 0 aromatic heterocycles. The van der Waals surface area contributed by atoms with Crippen LogP contribution in [0.3, 0.4) is 0 Å². The van der Waals surface area contributed by atoms with Crippen LogP contribution in [0, 0.1) is 13.8 Å². The van der Waals surface area contributed by atoms with Gasteiger partial charge in [-0.15, -0.1) is 0 Å². The van der Waals surface area contributed by atoms with Gasteiger partial charge in [-0.25, -0.2) is 0 Å². The van der Waals surface area contributed by atoms with Gasteiger partial charge in [-0.05, 0) is 37.1 Å². The summed E-state index contributed by atoms with van der Waals surface area (Å²) in [4.78, 5) is 28.9. The maximum Gasteiger partial charge on any atom is 0.396 e. The van der Waals surface area contributed by atoms with Gasteiger partial charge in [0.15, 0.2) is 0 Å². The van der Waals surface area contributed by atoms with Gasteiger partial charge in [0, 0.05) is 10.6 Å². The van der Waals surface area contributed by atoms with E-state index >= 15 is 0 Å². The standard InChI is InChI=1S/C9H10ClO4P/c1-5-6(2)8(10)4-3-7(5)9(11)15(12,13)14/h3-4H,1-2H3,(H2,12,13,14). The Morgan fingerprint density at radius 3 is 2.27 bits per heavy atom. The number of carbonyl (C=O) groups excluding carboxylic acids is 1. The summed E-state index contributed by atoms with van der Waals surface area (Å²) in [5.74, 6) is 0. The predicted molar refractivity (Wildman–Crippen MR) is 57.3 cm³/mol. The Kier molecular flexibility index (Phi) is 3.36. The average Bonchev–Trinajstić information content (AvgIpc) is 2.12. The fourth-order valence-electron chi connectivity index (χ4n) is 1.18. The van der Waals surface area contributed by atoms with Crippen LogP contribution in [0.4, 0.5) is 0 Å². The molecule has 0 amide bonds. The first-order chi connectivity index (χ1) is 6.75. The Morgan fingerprint density at radius 1 is 1.27 bits per heavy atom. The lowest BCUT2D eigenvalue weighted by molar-refractivity contribution is 0.104. The van der Waals surface area contributed by atoms with Crippen LogP contribution < -0.4 is 0 Å². The molecular weight excluding hydrogens is 239 g/mol. The van der Waals surface area contributed by atoms with Crippen molar-refractivity contribution in [3.05, 3.63) is 33.8 Å². The molecule has 82 valence electrons. The van der Waals surface area contributed by atoms with E-state index in [1.807, 2.05) is 0 Å². The number of rotatable bonds is 2. The summed E-state index contributed by atoms with van der Waals surface area (Å²) >= 11 is 5.80. The van der Waals surface area contributed by atoms with Gasteiger partial charge < -0.3 is 9.79 Å².